The van der Waals surface area contributed by atoms with Gasteiger partial charge in [0.15, 0.2) is 0 Å². The van der Waals surface area contributed by atoms with Gasteiger partial charge in [0.25, 0.3) is 0 Å². The van der Waals surface area contributed by atoms with Crippen LogP contribution in [0.25, 0.3) is 0 Å². The van der Waals surface area contributed by atoms with Crippen molar-refractivity contribution in [1.82, 2.24) is 10.2 Å². The summed E-state index contributed by atoms with van der Waals surface area (Å²) < 4.78 is 11.0. The van der Waals surface area contributed by atoms with E-state index in [-0.39, 0.29) is 0 Å². The maximum atomic E-state index is 5.53. The Morgan fingerprint density at radius 2 is 2.16 bits per heavy atom. The van der Waals surface area contributed by atoms with Crippen LogP contribution in [0.1, 0.15) is 25.5 Å². The maximum Gasteiger partial charge on any atom is 0.117 e. The molecule has 0 spiro atoms. The standard InChI is InChI=1S/C15H26N2O2/c1-3-16-12-15(6-9-18-10-7-15)13-17(2)11-14-5-4-8-19-14/h4-5,8,16H,3,6-7,9-13H2,1-2H3. The number of hydrogen-bond acceptors (Lipinski definition) is 4. The van der Waals surface area contributed by atoms with E-state index in [9.17, 15) is 0 Å². The number of furan rings is 1. The Morgan fingerprint density at radius 1 is 1.37 bits per heavy atom. The molecule has 1 aromatic rings. The van der Waals surface area contributed by atoms with Crippen LogP contribution in [0.4, 0.5) is 0 Å². The van der Waals surface area contributed by atoms with Crippen molar-refractivity contribution < 1.29 is 9.15 Å². The summed E-state index contributed by atoms with van der Waals surface area (Å²) in [5.74, 6) is 1.04. The molecule has 1 aliphatic heterocycles. The van der Waals surface area contributed by atoms with Crippen LogP contribution in [0.5, 0.6) is 0 Å². The number of ether oxygens (including phenoxy) is 1. The van der Waals surface area contributed by atoms with Gasteiger partial charge in [0.1, 0.15) is 5.76 Å². The van der Waals surface area contributed by atoms with Crippen molar-refractivity contribution in [2.24, 2.45) is 5.41 Å². The van der Waals surface area contributed by atoms with Crippen LogP contribution in [0.15, 0.2) is 22.8 Å². The molecule has 4 nitrogen and oxygen atoms in total. The molecule has 2 rings (SSSR count). The first-order valence-corrected chi connectivity index (χ1v) is 7.23. The number of rotatable bonds is 7. The molecule has 0 aliphatic carbocycles. The topological polar surface area (TPSA) is 37.6 Å². The summed E-state index contributed by atoms with van der Waals surface area (Å²) in [6, 6.07) is 3.99. The van der Waals surface area contributed by atoms with E-state index in [0.717, 1.165) is 58.0 Å². The highest BCUT2D eigenvalue weighted by Crippen LogP contribution is 2.31. The normalized spacial score (nSPS) is 18.9. The molecular weight excluding hydrogens is 240 g/mol. The largest absolute Gasteiger partial charge is 0.468 e. The fourth-order valence-corrected chi connectivity index (χ4v) is 2.88. The lowest BCUT2D eigenvalue weighted by Gasteiger charge is -2.40. The van der Waals surface area contributed by atoms with Gasteiger partial charge in [-0.1, -0.05) is 6.92 Å². The average Bonchev–Trinajstić information content (AvgIpc) is 2.90. The van der Waals surface area contributed by atoms with Gasteiger partial charge < -0.3 is 14.5 Å². The molecule has 1 saturated heterocycles. The second-order valence-corrected chi connectivity index (χ2v) is 5.64. The van der Waals surface area contributed by atoms with E-state index in [1.807, 2.05) is 12.1 Å². The van der Waals surface area contributed by atoms with Crippen molar-refractivity contribution in [1.29, 1.82) is 0 Å². The molecule has 0 radical (unpaired) electrons. The Bertz CT molecular complexity index is 345. The van der Waals surface area contributed by atoms with E-state index in [1.54, 1.807) is 6.26 Å². The van der Waals surface area contributed by atoms with Crippen molar-refractivity contribution in [3.05, 3.63) is 24.2 Å². The van der Waals surface area contributed by atoms with Gasteiger partial charge in [0.2, 0.25) is 0 Å². The predicted octanol–water partition coefficient (Wildman–Crippen LogP) is 2.12. The maximum absolute atomic E-state index is 5.53. The van der Waals surface area contributed by atoms with E-state index in [2.05, 4.69) is 24.2 Å². The smallest absolute Gasteiger partial charge is 0.117 e. The third-order valence-electron chi connectivity index (χ3n) is 3.91. The molecule has 4 heteroatoms. The molecule has 0 aromatic carbocycles. The first kappa shape index (κ1) is 14.6. The number of nitrogens with zero attached hydrogens (tertiary/aromatic N) is 1. The van der Waals surface area contributed by atoms with Crippen LogP contribution in [0, 0.1) is 5.41 Å². The molecule has 0 amide bonds. The minimum atomic E-state index is 0.343. The quantitative estimate of drug-likeness (QED) is 0.820. The summed E-state index contributed by atoms with van der Waals surface area (Å²) >= 11 is 0. The van der Waals surface area contributed by atoms with Gasteiger partial charge in [-0.15, -0.1) is 0 Å². The van der Waals surface area contributed by atoms with E-state index < -0.39 is 0 Å². The Balaban J connectivity index is 1.90. The van der Waals surface area contributed by atoms with Crippen LogP contribution in [-0.4, -0.2) is 44.8 Å². The van der Waals surface area contributed by atoms with E-state index in [4.69, 9.17) is 9.15 Å². The molecule has 108 valence electrons. The van der Waals surface area contributed by atoms with Crippen LogP contribution in [-0.2, 0) is 11.3 Å². The average molecular weight is 266 g/mol. The molecule has 0 saturated carbocycles. The highest BCUT2D eigenvalue weighted by Gasteiger charge is 2.33. The summed E-state index contributed by atoms with van der Waals surface area (Å²) in [5.41, 5.74) is 0.343. The van der Waals surface area contributed by atoms with Crippen molar-refractivity contribution in [2.45, 2.75) is 26.3 Å². The highest BCUT2D eigenvalue weighted by molar-refractivity contribution is 4.98. The molecule has 0 bridgehead atoms. The second kappa shape index (κ2) is 7.08. The minimum absolute atomic E-state index is 0.343. The molecule has 0 atom stereocenters. The summed E-state index contributed by atoms with van der Waals surface area (Å²) in [6.45, 7) is 8.02. The zero-order valence-electron chi connectivity index (χ0n) is 12.2. The van der Waals surface area contributed by atoms with Gasteiger partial charge in [-0.2, -0.15) is 0 Å². The van der Waals surface area contributed by atoms with Crippen LogP contribution in [0.3, 0.4) is 0 Å². The van der Waals surface area contributed by atoms with Crippen LogP contribution < -0.4 is 5.32 Å². The SMILES string of the molecule is CCNCC1(CN(C)Cc2ccco2)CCOCC1. The number of nitrogens with one attached hydrogen (secondary N) is 1. The van der Waals surface area contributed by atoms with Gasteiger partial charge in [-0.25, -0.2) is 0 Å². The molecule has 0 unspecified atom stereocenters. The zero-order chi connectivity index (χ0) is 13.6. The molecule has 1 N–H and O–H groups in total. The minimum Gasteiger partial charge on any atom is -0.468 e. The van der Waals surface area contributed by atoms with Gasteiger partial charge in [0.05, 0.1) is 12.8 Å². The van der Waals surface area contributed by atoms with E-state index >= 15 is 0 Å². The van der Waals surface area contributed by atoms with Gasteiger partial charge in [-0.05, 0) is 44.0 Å². The Labute approximate surface area is 116 Å². The molecule has 1 fully saturated rings. The Morgan fingerprint density at radius 3 is 2.79 bits per heavy atom. The summed E-state index contributed by atoms with van der Waals surface area (Å²) in [4.78, 5) is 2.36. The van der Waals surface area contributed by atoms with Gasteiger partial charge in [0, 0.05) is 26.3 Å². The summed E-state index contributed by atoms with van der Waals surface area (Å²) in [5, 5.41) is 3.52. The molecule has 1 aliphatic rings. The van der Waals surface area contributed by atoms with Crippen molar-refractivity contribution in [3.8, 4) is 0 Å². The van der Waals surface area contributed by atoms with Crippen LogP contribution in [0.2, 0.25) is 0 Å². The molecule has 2 heterocycles. The summed E-state index contributed by atoms with van der Waals surface area (Å²) in [6.07, 6.45) is 4.02. The highest BCUT2D eigenvalue weighted by atomic mass is 16.5. The third kappa shape index (κ3) is 4.34. The lowest BCUT2D eigenvalue weighted by Crippen LogP contribution is -2.46. The Hall–Kier alpha value is -0.840. The molecule has 1 aromatic heterocycles. The van der Waals surface area contributed by atoms with Gasteiger partial charge >= 0.3 is 0 Å². The first-order valence-electron chi connectivity index (χ1n) is 7.23. The van der Waals surface area contributed by atoms with Gasteiger partial charge in [-0.3, -0.25) is 4.90 Å². The van der Waals surface area contributed by atoms with Crippen molar-refractivity contribution in [3.63, 3.8) is 0 Å². The second-order valence-electron chi connectivity index (χ2n) is 5.64. The number of hydrogen-bond donors (Lipinski definition) is 1. The predicted molar refractivity (Wildman–Crippen MR) is 76.1 cm³/mol. The summed E-state index contributed by atoms with van der Waals surface area (Å²) in [7, 11) is 2.17. The van der Waals surface area contributed by atoms with Crippen molar-refractivity contribution >= 4 is 0 Å². The van der Waals surface area contributed by atoms with E-state index in [0.29, 0.717) is 5.41 Å². The lowest BCUT2D eigenvalue weighted by atomic mass is 9.79. The molecule has 19 heavy (non-hydrogen) atoms. The van der Waals surface area contributed by atoms with Crippen molar-refractivity contribution in [2.75, 3.05) is 39.9 Å². The fraction of sp³-hybridized carbons (Fsp3) is 0.733. The van der Waals surface area contributed by atoms with Crippen LogP contribution >= 0.6 is 0 Å². The third-order valence-corrected chi connectivity index (χ3v) is 3.91. The van der Waals surface area contributed by atoms with E-state index in [1.165, 1.54) is 0 Å². The Kier molecular flexibility index (Phi) is 5.43. The zero-order valence-corrected chi connectivity index (χ0v) is 12.2. The molecular formula is C15H26N2O2. The monoisotopic (exact) mass is 266 g/mol. The lowest BCUT2D eigenvalue weighted by molar-refractivity contribution is -0.00211. The first-order chi connectivity index (χ1) is 9.24. The fourth-order valence-electron chi connectivity index (χ4n) is 2.88.